The second-order valence-electron chi connectivity index (χ2n) is 16.4. The Hall–Kier alpha value is -1.47. The highest BCUT2D eigenvalue weighted by Gasteiger charge is 2.28. The third-order valence-electron chi connectivity index (χ3n) is 11.1. The minimum Gasteiger partial charge on any atom is -0.394 e. The summed E-state index contributed by atoms with van der Waals surface area (Å²) in [7, 11) is 0. The van der Waals surface area contributed by atoms with Crippen LogP contribution >= 0.6 is 0 Å². The van der Waals surface area contributed by atoms with Gasteiger partial charge in [0.1, 0.15) is 12.2 Å². The molecule has 5 N–H and O–H groups in total. The van der Waals surface area contributed by atoms with Gasteiger partial charge in [0.2, 0.25) is 5.91 Å². The van der Waals surface area contributed by atoms with Crippen LogP contribution in [0.5, 0.6) is 0 Å². The summed E-state index contributed by atoms with van der Waals surface area (Å²) < 4.78 is 0. The van der Waals surface area contributed by atoms with Crippen molar-refractivity contribution in [3.05, 3.63) is 36.5 Å². The zero-order valence-electron chi connectivity index (χ0n) is 36.4. The average Bonchev–Trinajstić information content (AvgIpc) is 3.19. The molecule has 0 heterocycles. The van der Waals surface area contributed by atoms with Gasteiger partial charge in [-0.25, -0.2) is 0 Å². The van der Waals surface area contributed by atoms with E-state index in [4.69, 9.17) is 0 Å². The van der Waals surface area contributed by atoms with E-state index in [2.05, 4.69) is 55.6 Å². The molecule has 6 heteroatoms. The van der Waals surface area contributed by atoms with Crippen LogP contribution in [-0.2, 0) is 4.79 Å². The van der Waals surface area contributed by atoms with Crippen molar-refractivity contribution in [2.75, 3.05) is 6.61 Å². The minimum atomic E-state index is -1.29. The van der Waals surface area contributed by atoms with E-state index in [1.165, 1.54) is 154 Å². The first-order chi connectivity index (χ1) is 27.0. The fourth-order valence-electron chi connectivity index (χ4n) is 7.26. The molecule has 0 bridgehead atoms. The van der Waals surface area contributed by atoms with Crippen LogP contribution in [-0.4, -0.2) is 57.3 Å². The molecule has 0 radical (unpaired) electrons. The second-order valence-corrected chi connectivity index (χ2v) is 16.4. The maximum atomic E-state index is 12.5. The number of hydrogen-bond donors (Lipinski definition) is 5. The molecule has 0 saturated carbocycles. The summed E-state index contributed by atoms with van der Waals surface area (Å²) in [6.45, 7) is 4.04. The molecule has 0 aliphatic carbocycles. The topological polar surface area (TPSA) is 110 Å². The van der Waals surface area contributed by atoms with Crippen LogP contribution in [0.15, 0.2) is 36.5 Å². The van der Waals surface area contributed by atoms with Crippen molar-refractivity contribution >= 4 is 5.91 Å². The van der Waals surface area contributed by atoms with Crippen molar-refractivity contribution in [2.45, 2.75) is 263 Å². The van der Waals surface area contributed by atoms with Gasteiger partial charge in [-0.15, -0.1) is 0 Å². The fraction of sp³-hybridized carbons (Fsp3) is 0.857. The number of aliphatic hydroxyl groups excluding tert-OH is 4. The van der Waals surface area contributed by atoms with Crippen molar-refractivity contribution in [3.8, 4) is 0 Å². The van der Waals surface area contributed by atoms with Gasteiger partial charge in [-0.1, -0.05) is 211 Å². The molecular weight excluding hydrogens is 683 g/mol. The number of rotatable bonds is 43. The molecular formula is C49H93NO5. The summed E-state index contributed by atoms with van der Waals surface area (Å²) in [4.78, 5) is 12.5. The Morgan fingerprint density at radius 2 is 0.764 bits per heavy atom. The third kappa shape index (κ3) is 37.8. The van der Waals surface area contributed by atoms with Crippen LogP contribution in [0.1, 0.15) is 239 Å². The Kier molecular flexibility index (Phi) is 42.5. The minimum absolute atomic E-state index is 0.362. The van der Waals surface area contributed by atoms with E-state index in [1.807, 2.05) is 0 Å². The van der Waals surface area contributed by atoms with Crippen molar-refractivity contribution in [1.82, 2.24) is 5.32 Å². The van der Waals surface area contributed by atoms with Crippen molar-refractivity contribution in [3.63, 3.8) is 0 Å². The fourth-order valence-corrected chi connectivity index (χ4v) is 7.26. The van der Waals surface area contributed by atoms with Gasteiger partial charge in [-0.05, 0) is 64.2 Å². The number of hydrogen-bond acceptors (Lipinski definition) is 5. The second kappa shape index (κ2) is 43.6. The maximum Gasteiger partial charge on any atom is 0.249 e. The predicted molar refractivity (Wildman–Crippen MR) is 237 cm³/mol. The SMILES string of the molecule is CCCCCCCC/C=C/CC/C=C/CC/C=C/CCCC(O)C(O)C(CO)NC(=O)C(O)CCCCCCCCCCCCCCCCCCCCCC. The van der Waals surface area contributed by atoms with Crippen molar-refractivity contribution in [2.24, 2.45) is 0 Å². The number of amides is 1. The van der Waals surface area contributed by atoms with Crippen LogP contribution in [0.2, 0.25) is 0 Å². The van der Waals surface area contributed by atoms with Gasteiger partial charge in [-0.3, -0.25) is 4.79 Å². The van der Waals surface area contributed by atoms with E-state index >= 15 is 0 Å². The van der Waals surface area contributed by atoms with Crippen LogP contribution < -0.4 is 5.32 Å². The highest BCUT2D eigenvalue weighted by molar-refractivity contribution is 5.80. The predicted octanol–water partition coefficient (Wildman–Crippen LogP) is 12.9. The number of carbonyl (C=O) groups is 1. The number of nitrogens with one attached hydrogen (secondary N) is 1. The molecule has 0 saturated heterocycles. The first kappa shape index (κ1) is 53.5. The quantitative estimate of drug-likeness (QED) is 0.0313. The Morgan fingerprint density at radius 1 is 0.436 bits per heavy atom. The van der Waals surface area contributed by atoms with Crippen LogP contribution in [0.25, 0.3) is 0 Å². The largest absolute Gasteiger partial charge is 0.394 e. The van der Waals surface area contributed by atoms with Gasteiger partial charge in [0.15, 0.2) is 0 Å². The molecule has 1 amide bonds. The lowest BCUT2D eigenvalue weighted by Crippen LogP contribution is -2.53. The molecule has 0 aliphatic heterocycles. The standard InChI is InChI=1S/C49H93NO5/c1-3-5-7-9-11-13-15-17-19-21-23-25-27-29-31-33-35-37-39-41-43-47(53)49(55)50-45(44-51)48(54)46(52)42-40-38-36-34-32-30-28-26-24-22-20-18-16-14-12-10-8-6-4-2/h18,20,26,28,34,36,45-48,51-54H,3-17,19,21-25,27,29-33,35,37-44H2,1-2H3,(H,50,55)/b20-18+,28-26+,36-34+. The van der Waals surface area contributed by atoms with Gasteiger partial charge in [0.05, 0.1) is 18.8 Å². The van der Waals surface area contributed by atoms with Gasteiger partial charge in [0.25, 0.3) is 0 Å². The zero-order chi connectivity index (χ0) is 40.3. The maximum absolute atomic E-state index is 12.5. The summed E-state index contributed by atoms with van der Waals surface area (Å²) in [6.07, 6.45) is 51.8. The third-order valence-corrected chi connectivity index (χ3v) is 11.1. The number of unbranched alkanes of at least 4 members (excludes halogenated alkanes) is 28. The number of aliphatic hydroxyl groups is 4. The zero-order valence-corrected chi connectivity index (χ0v) is 36.4. The lowest BCUT2D eigenvalue weighted by Gasteiger charge is -2.27. The molecule has 0 aromatic heterocycles. The van der Waals surface area contributed by atoms with Crippen molar-refractivity contribution in [1.29, 1.82) is 0 Å². The smallest absolute Gasteiger partial charge is 0.249 e. The summed E-state index contributed by atoms with van der Waals surface area (Å²) in [5.41, 5.74) is 0. The summed E-state index contributed by atoms with van der Waals surface area (Å²) in [5, 5.41) is 43.7. The van der Waals surface area contributed by atoms with Gasteiger partial charge in [0, 0.05) is 0 Å². The molecule has 6 nitrogen and oxygen atoms in total. The van der Waals surface area contributed by atoms with Crippen molar-refractivity contribution < 1.29 is 25.2 Å². The molecule has 0 aromatic carbocycles. The van der Waals surface area contributed by atoms with E-state index in [0.29, 0.717) is 19.3 Å². The molecule has 55 heavy (non-hydrogen) atoms. The lowest BCUT2D eigenvalue weighted by atomic mass is 10.00. The van der Waals surface area contributed by atoms with E-state index in [1.54, 1.807) is 0 Å². The summed E-state index contributed by atoms with van der Waals surface area (Å²) >= 11 is 0. The Balaban J connectivity index is 3.77. The van der Waals surface area contributed by atoms with Crippen LogP contribution in [0, 0.1) is 0 Å². The number of carbonyl (C=O) groups excluding carboxylic acids is 1. The van der Waals surface area contributed by atoms with E-state index in [-0.39, 0.29) is 0 Å². The summed E-state index contributed by atoms with van der Waals surface area (Å²) in [5.74, 6) is -0.597. The molecule has 324 valence electrons. The van der Waals surface area contributed by atoms with Gasteiger partial charge in [-0.2, -0.15) is 0 Å². The molecule has 0 aromatic rings. The van der Waals surface area contributed by atoms with E-state index in [9.17, 15) is 25.2 Å². The molecule has 0 aliphatic rings. The summed E-state index contributed by atoms with van der Waals surface area (Å²) in [6, 6.07) is -1.01. The highest BCUT2D eigenvalue weighted by atomic mass is 16.3. The lowest BCUT2D eigenvalue weighted by molar-refractivity contribution is -0.132. The highest BCUT2D eigenvalue weighted by Crippen LogP contribution is 2.16. The molecule has 0 spiro atoms. The molecule has 4 atom stereocenters. The monoisotopic (exact) mass is 776 g/mol. The molecule has 4 unspecified atom stereocenters. The normalized spacial score (nSPS) is 14.4. The Bertz CT molecular complexity index is 873. The van der Waals surface area contributed by atoms with E-state index < -0.39 is 36.9 Å². The molecule has 0 rings (SSSR count). The average molecular weight is 776 g/mol. The molecule has 0 fully saturated rings. The van der Waals surface area contributed by atoms with E-state index in [0.717, 1.165) is 51.4 Å². The van der Waals surface area contributed by atoms with Crippen LogP contribution in [0.4, 0.5) is 0 Å². The van der Waals surface area contributed by atoms with Gasteiger partial charge >= 0.3 is 0 Å². The van der Waals surface area contributed by atoms with Crippen LogP contribution in [0.3, 0.4) is 0 Å². The first-order valence-corrected chi connectivity index (χ1v) is 23.9. The van der Waals surface area contributed by atoms with Gasteiger partial charge < -0.3 is 25.7 Å². The number of allylic oxidation sites excluding steroid dienone is 6. The first-order valence-electron chi connectivity index (χ1n) is 23.9. The Labute approximate surface area is 341 Å². The Morgan fingerprint density at radius 3 is 1.15 bits per heavy atom.